The number of hydrogen-bond acceptors (Lipinski definition) is 2. The summed E-state index contributed by atoms with van der Waals surface area (Å²) in [5, 5.41) is -0.368. The van der Waals surface area contributed by atoms with Crippen molar-refractivity contribution in [3.8, 4) is 0 Å². The third-order valence-electron chi connectivity index (χ3n) is 0.720. The lowest BCUT2D eigenvalue weighted by molar-refractivity contribution is -0.157. The van der Waals surface area contributed by atoms with E-state index in [-0.39, 0.29) is 5.22 Å². The molecule has 0 saturated heterocycles. The first-order valence-electron chi connectivity index (χ1n) is 2.18. The van der Waals surface area contributed by atoms with Crippen molar-refractivity contribution >= 4 is 11.6 Å². The second kappa shape index (κ2) is 2.16. The Hall–Kier alpha value is -0.710. The lowest BCUT2D eigenvalue weighted by Gasteiger charge is -1.96. The molecular formula is C4HClF3NO. The van der Waals surface area contributed by atoms with Crippen molar-refractivity contribution in [2.75, 3.05) is 0 Å². The Morgan fingerprint density at radius 1 is 1.50 bits per heavy atom. The second-order valence-corrected chi connectivity index (χ2v) is 1.84. The molecule has 0 unspecified atom stereocenters. The normalized spacial score (nSPS) is 12.0. The average Bonchev–Trinajstić information content (AvgIpc) is 2.11. The molecule has 0 spiro atoms. The fourth-order valence-corrected chi connectivity index (χ4v) is 0.507. The minimum absolute atomic E-state index is 0.368. The number of rotatable bonds is 0. The first-order chi connectivity index (χ1) is 4.50. The van der Waals surface area contributed by atoms with Gasteiger partial charge in [0.25, 0.3) is 0 Å². The van der Waals surface area contributed by atoms with Crippen LogP contribution >= 0.6 is 11.6 Å². The highest BCUT2D eigenvalue weighted by atomic mass is 35.5. The molecule has 56 valence electrons. The first-order valence-corrected chi connectivity index (χ1v) is 2.56. The largest absolute Gasteiger partial charge is 0.468 e. The standard InChI is InChI=1S/C4HClF3NO/c5-2-1-9-3(10-2)4(6,7)8/h1H. The molecular weight excluding hydrogens is 170 g/mol. The summed E-state index contributed by atoms with van der Waals surface area (Å²) in [7, 11) is 0. The van der Waals surface area contributed by atoms with E-state index < -0.39 is 12.1 Å². The molecule has 1 rings (SSSR count). The van der Waals surface area contributed by atoms with Crippen LogP contribution in [-0.4, -0.2) is 4.98 Å². The molecule has 0 bridgehead atoms. The van der Waals surface area contributed by atoms with Crippen LogP contribution in [0.15, 0.2) is 10.6 Å². The van der Waals surface area contributed by atoms with Crippen LogP contribution < -0.4 is 0 Å². The summed E-state index contributed by atoms with van der Waals surface area (Å²) in [6.07, 6.45) is -3.75. The highest BCUT2D eigenvalue weighted by Crippen LogP contribution is 2.29. The van der Waals surface area contributed by atoms with Crippen LogP contribution in [0.5, 0.6) is 0 Å². The topological polar surface area (TPSA) is 26.0 Å². The Balaban J connectivity index is 2.96. The Labute approximate surface area is 58.6 Å². The molecule has 2 nitrogen and oxygen atoms in total. The predicted octanol–water partition coefficient (Wildman–Crippen LogP) is 2.35. The van der Waals surface area contributed by atoms with Gasteiger partial charge in [-0.2, -0.15) is 13.2 Å². The maximum absolute atomic E-state index is 11.6. The molecule has 0 N–H and O–H groups in total. The van der Waals surface area contributed by atoms with Gasteiger partial charge in [-0.1, -0.05) is 0 Å². The van der Waals surface area contributed by atoms with Gasteiger partial charge in [0, 0.05) is 0 Å². The van der Waals surface area contributed by atoms with Crippen LogP contribution in [0.2, 0.25) is 5.22 Å². The zero-order valence-corrected chi connectivity index (χ0v) is 5.20. The third-order valence-corrected chi connectivity index (χ3v) is 0.895. The van der Waals surface area contributed by atoms with Crippen molar-refractivity contribution in [1.29, 1.82) is 0 Å². The quantitative estimate of drug-likeness (QED) is 0.599. The van der Waals surface area contributed by atoms with Crippen molar-refractivity contribution in [1.82, 2.24) is 4.98 Å². The van der Waals surface area contributed by atoms with Crippen LogP contribution in [0.25, 0.3) is 0 Å². The molecule has 10 heavy (non-hydrogen) atoms. The number of halogens is 4. The van der Waals surface area contributed by atoms with Crippen LogP contribution in [0.3, 0.4) is 0 Å². The van der Waals surface area contributed by atoms with Crippen molar-refractivity contribution in [3.05, 3.63) is 17.3 Å². The van der Waals surface area contributed by atoms with Gasteiger partial charge in [0.05, 0.1) is 6.20 Å². The minimum atomic E-state index is -4.55. The number of nitrogens with zero attached hydrogens (tertiary/aromatic N) is 1. The Morgan fingerprint density at radius 2 is 2.10 bits per heavy atom. The molecule has 6 heteroatoms. The lowest BCUT2D eigenvalue weighted by atomic mass is 10.7. The average molecular weight is 172 g/mol. The number of oxazole rings is 1. The van der Waals surface area contributed by atoms with Crippen molar-refractivity contribution in [2.24, 2.45) is 0 Å². The second-order valence-electron chi connectivity index (χ2n) is 1.47. The van der Waals surface area contributed by atoms with E-state index in [1.165, 1.54) is 0 Å². The molecule has 0 saturated carbocycles. The summed E-state index contributed by atoms with van der Waals surface area (Å²) in [5.41, 5.74) is 0. The maximum atomic E-state index is 11.6. The molecule has 0 amide bonds. The SMILES string of the molecule is FC(F)(F)c1ncc(Cl)o1. The summed E-state index contributed by atoms with van der Waals surface area (Å²) >= 11 is 5.04. The number of alkyl halides is 3. The monoisotopic (exact) mass is 171 g/mol. The van der Waals surface area contributed by atoms with Gasteiger partial charge in [-0.3, -0.25) is 0 Å². The van der Waals surface area contributed by atoms with Crippen LogP contribution in [0, 0.1) is 0 Å². The Morgan fingerprint density at radius 3 is 2.30 bits per heavy atom. The Bertz CT molecular complexity index is 231. The summed E-state index contributed by atoms with van der Waals surface area (Å²) in [4.78, 5) is 2.86. The highest BCUT2D eigenvalue weighted by Gasteiger charge is 2.36. The molecule has 0 atom stereocenters. The fourth-order valence-electron chi connectivity index (χ4n) is 0.385. The zero-order chi connectivity index (χ0) is 7.78. The van der Waals surface area contributed by atoms with E-state index >= 15 is 0 Å². The first kappa shape index (κ1) is 7.40. The number of aromatic nitrogens is 1. The fraction of sp³-hybridized carbons (Fsp3) is 0.250. The van der Waals surface area contributed by atoms with E-state index in [0.29, 0.717) is 0 Å². The molecule has 1 aromatic heterocycles. The summed E-state index contributed by atoms with van der Waals surface area (Å²) < 4.78 is 38.7. The van der Waals surface area contributed by atoms with Gasteiger partial charge in [0.2, 0.25) is 5.22 Å². The predicted molar refractivity (Wildman–Crippen MR) is 26.5 cm³/mol. The van der Waals surface area contributed by atoms with Gasteiger partial charge in [0.15, 0.2) is 0 Å². The maximum Gasteiger partial charge on any atom is 0.468 e. The molecule has 0 aliphatic carbocycles. The van der Waals surface area contributed by atoms with Gasteiger partial charge in [0.1, 0.15) is 0 Å². The van der Waals surface area contributed by atoms with E-state index in [4.69, 9.17) is 11.6 Å². The highest BCUT2D eigenvalue weighted by molar-refractivity contribution is 6.28. The van der Waals surface area contributed by atoms with Crippen LogP contribution in [-0.2, 0) is 6.18 Å². The molecule has 0 radical (unpaired) electrons. The summed E-state index contributed by atoms with van der Waals surface area (Å²) in [6.45, 7) is 0. The molecule has 0 aliphatic rings. The van der Waals surface area contributed by atoms with Gasteiger partial charge >= 0.3 is 12.1 Å². The van der Waals surface area contributed by atoms with Crippen LogP contribution in [0.1, 0.15) is 5.89 Å². The minimum Gasteiger partial charge on any atom is -0.421 e. The Kier molecular flexibility index (Phi) is 1.60. The van der Waals surface area contributed by atoms with Crippen molar-refractivity contribution < 1.29 is 17.6 Å². The van der Waals surface area contributed by atoms with Gasteiger partial charge in [-0.25, -0.2) is 4.98 Å². The van der Waals surface area contributed by atoms with Gasteiger partial charge < -0.3 is 4.42 Å². The van der Waals surface area contributed by atoms with E-state index in [2.05, 4.69) is 9.40 Å². The summed E-state index contributed by atoms with van der Waals surface area (Å²) in [5.74, 6) is -1.32. The molecule has 0 aliphatic heterocycles. The van der Waals surface area contributed by atoms with Gasteiger partial charge in [-0.15, -0.1) is 0 Å². The number of hydrogen-bond donors (Lipinski definition) is 0. The smallest absolute Gasteiger partial charge is 0.421 e. The lowest BCUT2D eigenvalue weighted by Crippen LogP contribution is -2.04. The molecule has 1 aromatic rings. The summed E-state index contributed by atoms with van der Waals surface area (Å²) in [6, 6.07) is 0. The van der Waals surface area contributed by atoms with Crippen molar-refractivity contribution in [3.63, 3.8) is 0 Å². The molecule has 0 aromatic carbocycles. The van der Waals surface area contributed by atoms with Crippen molar-refractivity contribution in [2.45, 2.75) is 6.18 Å². The van der Waals surface area contributed by atoms with E-state index in [1.807, 2.05) is 0 Å². The van der Waals surface area contributed by atoms with Crippen LogP contribution in [0.4, 0.5) is 13.2 Å². The van der Waals surface area contributed by atoms with E-state index in [1.54, 1.807) is 0 Å². The molecule has 1 heterocycles. The third kappa shape index (κ3) is 1.41. The van der Waals surface area contributed by atoms with E-state index in [0.717, 1.165) is 6.20 Å². The molecule has 0 fully saturated rings. The van der Waals surface area contributed by atoms with Gasteiger partial charge in [-0.05, 0) is 11.6 Å². The zero-order valence-electron chi connectivity index (χ0n) is 4.44. The van der Waals surface area contributed by atoms with E-state index in [9.17, 15) is 13.2 Å².